The lowest BCUT2D eigenvalue weighted by molar-refractivity contribution is 0.277. The van der Waals surface area contributed by atoms with Gasteiger partial charge in [-0.3, -0.25) is 13.9 Å². The van der Waals surface area contributed by atoms with E-state index in [2.05, 4.69) is 15.9 Å². The van der Waals surface area contributed by atoms with Crippen LogP contribution in [-0.4, -0.2) is 20.8 Å². The lowest BCUT2D eigenvalue weighted by Crippen LogP contribution is -2.40. The highest BCUT2D eigenvalue weighted by Crippen LogP contribution is 2.08. The number of aliphatic hydroxyl groups is 1. The molecule has 0 atom stereocenters. The average Bonchev–Trinajstić information content (AvgIpc) is 2.24. The fourth-order valence-corrected chi connectivity index (χ4v) is 1.80. The molecule has 1 aromatic rings. The summed E-state index contributed by atoms with van der Waals surface area (Å²) in [6.45, 7) is 2.13. The Bertz CT molecular complexity index is 475. The molecule has 0 saturated carbocycles. The standard InChI is InChI=1S/C9H13BrN2O3/c1-6-7(10)8(14)11(2)9(15)12(6)4-3-5-13/h13H,3-5H2,1-2H3. The van der Waals surface area contributed by atoms with Crippen molar-refractivity contribution in [1.82, 2.24) is 9.13 Å². The molecular formula is C9H13BrN2O3. The predicted octanol–water partition coefficient (Wildman–Crippen LogP) is 0.000320. The van der Waals surface area contributed by atoms with Crippen molar-refractivity contribution in [3.8, 4) is 0 Å². The molecule has 1 rings (SSSR count). The summed E-state index contributed by atoms with van der Waals surface area (Å²) in [7, 11) is 1.43. The molecule has 1 heterocycles. The molecule has 0 amide bonds. The Balaban J connectivity index is 3.39. The Labute approximate surface area is 95.1 Å². The highest BCUT2D eigenvalue weighted by molar-refractivity contribution is 9.10. The molecule has 0 bridgehead atoms. The molecule has 5 nitrogen and oxygen atoms in total. The van der Waals surface area contributed by atoms with Gasteiger partial charge in [-0.1, -0.05) is 0 Å². The first-order chi connectivity index (χ1) is 7.00. The summed E-state index contributed by atoms with van der Waals surface area (Å²) in [5.74, 6) is 0. The van der Waals surface area contributed by atoms with Gasteiger partial charge in [-0.2, -0.15) is 0 Å². The van der Waals surface area contributed by atoms with E-state index in [4.69, 9.17) is 5.11 Å². The second-order valence-electron chi connectivity index (χ2n) is 3.27. The van der Waals surface area contributed by atoms with E-state index < -0.39 is 0 Å². The number of nitrogens with zero attached hydrogens (tertiary/aromatic N) is 2. The normalized spacial score (nSPS) is 10.7. The molecule has 84 valence electrons. The predicted molar refractivity (Wildman–Crippen MR) is 60.1 cm³/mol. The molecule has 0 fully saturated rings. The zero-order valence-electron chi connectivity index (χ0n) is 8.66. The minimum atomic E-state index is -0.353. The molecule has 0 aliphatic carbocycles. The molecule has 15 heavy (non-hydrogen) atoms. The maximum absolute atomic E-state index is 11.7. The van der Waals surface area contributed by atoms with Crippen molar-refractivity contribution in [3.05, 3.63) is 31.0 Å². The highest BCUT2D eigenvalue weighted by Gasteiger charge is 2.11. The van der Waals surface area contributed by atoms with Crippen molar-refractivity contribution in [1.29, 1.82) is 0 Å². The molecule has 0 aliphatic heterocycles. The smallest absolute Gasteiger partial charge is 0.330 e. The van der Waals surface area contributed by atoms with Gasteiger partial charge in [0.25, 0.3) is 5.56 Å². The summed E-state index contributed by atoms with van der Waals surface area (Å²) in [4.78, 5) is 23.2. The van der Waals surface area contributed by atoms with Gasteiger partial charge >= 0.3 is 5.69 Å². The third-order valence-corrected chi connectivity index (χ3v) is 3.19. The van der Waals surface area contributed by atoms with Gasteiger partial charge < -0.3 is 5.11 Å². The maximum Gasteiger partial charge on any atom is 0.330 e. The van der Waals surface area contributed by atoms with E-state index in [1.807, 2.05) is 0 Å². The second-order valence-corrected chi connectivity index (χ2v) is 4.07. The first-order valence-electron chi connectivity index (χ1n) is 4.57. The Kier molecular flexibility index (Phi) is 3.87. The Hall–Kier alpha value is -0.880. The topological polar surface area (TPSA) is 64.2 Å². The molecule has 1 N–H and O–H groups in total. The molecule has 0 unspecified atom stereocenters. The fraction of sp³-hybridized carbons (Fsp3) is 0.556. The van der Waals surface area contributed by atoms with Crippen LogP contribution in [0.4, 0.5) is 0 Å². The molecular weight excluding hydrogens is 264 g/mol. The minimum Gasteiger partial charge on any atom is -0.396 e. The fourth-order valence-electron chi connectivity index (χ4n) is 1.32. The van der Waals surface area contributed by atoms with E-state index in [1.54, 1.807) is 6.92 Å². The summed E-state index contributed by atoms with van der Waals surface area (Å²) in [6.07, 6.45) is 0.491. The van der Waals surface area contributed by atoms with E-state index in [0.29, 0.717) is 23.1 Å². The number of hydrogen-bond acceptors (Lipinski definition) is 3. The van der Waals surface area contributed by atoms with Crippen molar-refractivity contribution in [2.75, 3.05) is 6.61 Å². The Morgan fingerprint density at radius 3 is 2.53 bits per heavy atom. The van der Waals surface area contributed by atoms with Crippen molar-refractivity contribution < 1.29 is 5.11 Å². The summed E-state index contributed by atoms with van der Waals surface area (Å²) < 4.78 is 2.92. The lowest BCUT2D eigenvalue weighted by atomic mass is 10.4. The maximum atomic E-state index is 11.7. The molecule has 0 aliphatic rings. The van der Waals surface area contributed by atoms with Crippen molar-refractivity contribution >= 4 is 15.9 Å². The largest absolute Gasteiger partial charge is 0.396 e. The second kappa shape index (κ2) is 4.76. The van der Waals surface area contributed by atoms with E-state index in [9.17, 15) is 9.59 Å². The zero-order chi connectivity index (χ0) is 11.6. The van der Waals surface area contributed by atoms with Crippen molar-refractivity contribution in [3.63, 3.8) is 0 Å². The molecule has 0 aromatic carbocycles. The van der Waals surface area contributed by atoms with Crippen LogP contribution in [0.3, 0.4) is 0 Å². The number of rotatable bonds is 3. The van der Waals surface area contributed by atoms with Crippen LogP contribution >= 0.6 is 15.9 Å². The summed E-state index contributed by atoms with van der Waals surface area (Å²) >= 11 is 3.15. The summed E-state index contributed by atoms with van der Waals surface area (Å²) in [6, 6.07) is 0. The van der Waals surface area contributed by atoms with Gasteiger partial charge in [0, 0.05) is 25.9 Å². The Morgan fingerprint density at radius 2 is 2.00 bits per heavy atom. The average molecular weight is 277 g/mol. The van der Waals surface area contributed by atoms with E-state index in [0.717, 1.165) is 4.57 Å². The van der Waals surface area contributed by atoms with Crippen LogP contribution in [0, 0.1) is 6.92 Å². The minimum absolute atomic E-state index is 0.0202. The van der Waals surface area contributed by atoms with Crippen molar-refractivity contribution in [2.45, 2.75) is 19.9 Å². The third kappa shape index (κ3) is 2.21. The van der Waals surface area contributed by atoms with Gasteiger partial charge in [0.15, 0.2) is 0 Å². The summed E-state index contributed by atoms with van der Waals surface area (Å²) in [5, 5.41) is 8.71. The van der Waals surface area contributed by atoms with Gasteiger partial charge in [-0.15, -0.1) is 0 Å². The third-order valence-electron chi connectivity index (χ3n) is 2.27. The lowest BCUT2D eigenvalue weighted by Gasteiger charge is -2.11. The van der Waals surface area contributed by atoms with Crippen LogP contribution in [0.15, 0.2) is 14.1 Å². The van der Waals surface area contributed by atoms with E-state index >= 15 is 0 Å². The van der Waals surface area contributed by atoms with Crippen LogP contribution in [0.25, 0.3) is 0 Å². The number of aromatic nitrogens is 2. The molecule has 6 heteroatoms. The number of halogens is 1. The molecule has 0 saturated heterocycles. The van der Waals surface area contributed by atoms with Gasteiger partial charge in [-0.25, -0.2) is 4.79 Å². The van der Waals surface area contributed by atoms with E-state index in [-0.39, 0.29) is 17.9 Å². The van der Waals surface area contributed by atoms with E-state index in [1.165, 1.54) is 11.6 Å². The molecule has 1 aromatic heterocycles. The monoisotopic (exact) mass is 276 g/mol. The SMILES string of the molecule is Cc1c(Br)c(=O)n(C)c(=O)n1CCCO. The first kappa shape index (κ1) is 12.2. The highest BCUT2D eigenvalue weighted by atomic mass is 79.9. The quantitative estimate of drug-likeness (QED) is 0.845. The van der Waals surface area contributed by atoms with Crippen LogP contribution in [-0.2, 0) is 13.6 Å². The molecule has 0 radical (unpaired) electrons. The van der Waals surface area contributed by atoms with Gasteiger partial charge in [0.05, 0.1) is 0 Å². The summed E-state index contributed by atoms with van der Waals surface area (Å²) in [5.41, 5.74) is -0.0940. The van der Waals surface area contributed by atoms with Gasteiger partial charge in [0.1, 0.15) is 4.47 Å². The van der Waals surface area contributed by atoms with Crippen molar-refractivity contribution in [2.24, 2.45) is 7.05 Å². The first-order valence-corrected chi connectivity index (χ1v) is 5.36. The molecule has 0 spiro atoms. The van der Waals surface area contributed by atoms with Gasteiger partial charge in [0.2, 0.25) is 0 Å². The zero-order valence-corrected chi connectivity index (χ0v) is 10.2. The van der Waals surface area contributed by atoms with Crippen LogP contribution in [0.5, 0.6) is 0 Å². The van der Waals surface area contributed by atoms with Crippen LogP contribution < -0.4 is 11.2 Å². The number of hydrogen-bond donors (Lipinski definition) is 1. The number of aliphatic hydroxyl groups excluding tert-OH is 1. The van der Waals surface area contributed by atoms with Gasteiger partial charge in [-0.05, 0) is 29.3 Å². The van der Waals surface area contributed by atoms with Crippen LogP contribution in [0.2, 0.25) is 0 Å². The van der Waals surface area contributed by atoms with Crippen LogP contribution in [0.1, 0.15) is 12.1 Å². The Morgan fingerprint density at radius 1 is 1.40 bits per heavy atom.